The molecule has 1 aromatic heterocycles. The molecule has 0 radical (unpaired) electrons. The molecule has 1 fully saturated rings. The van der Waals surface area contributed by atoms with Crippen LogP contribution in [0.5, 0.6) is 11.5 Å². The number of aryl methyl sites for hydroxylation is 3. The zero-order valence-corrected chi connectivity index (χ0v) is 19.6. The maximum atomic E-state index is 12.9. The van der Waals surface area contributed by atoms with Crippen molar-refractivity contribution in [2.75, 3.05) is 45.3 Å². The second-order valence-electron chi connectivity index (χ2n) is 8.38. The number of ether oxygens (including phenoxy) is 2. The van der Waals surface area contributed by atoms with E-state index in [4.69, 9.17) is 9.47 Å². The van der Waals surface area contributed by atoms with Crippen LogP contribution in [0.1, 0.15) is 17.5 Å². The molecule has 8 heteroatoms. The van der Waals surface area contributed by atoms with Gasteiger partial charge in [-0.25, -0.2) is 4.98 Å². The van der Waals surface area contributed by atoms with Crippen molar-refractivity contribution in [1.82, 2.24) is 14.5 Å². The van der Waals surface area contributed by atoms with E-state index >= 15 is 0 Å². The molecule has 2 heterocycles. The smallest absolute Gasteiger partial charge is 0.261 e. The predicted octanol–water partition coefficient (Wildman–Crippen LogP) is 2.77. The van der Waals surface area contributed by atoms with Crippen LogP contribution in [-0.4, -0.2) is 60.8 Å². The number of anilines is 1. The third-order valence-electron chi connectivity index (χ3n) is 6.22. The Bertz CT molecular complexity index is 1230. The molecule has 4 rings (SSSR count). The van der Waals surface area contributed by atoms with Crippen LogP contribution in [0.4, 0.5) is 5.69 Å². The molecule has 0 unspecified atom stereocenters. The van der Waals surface area contributed by atoms with E-state index in [1.54, 1.807) is 12.1 Å². The molecule has 174 valence electrons. The van der Waals surface area contributed by atoms with Crippen molar-refractivity contribution in [2.45, 2.75) is 26.8 Å². The fourth-order valence-electron chi connectivity index (χ4n) is 4.38. The average molecular weight is 451 g/mol. The van der Waals surface area contributed by atoms with Gasteiger partial charge in [0, 0.05) is 50.9 Å². The fraction of sp³-hybridized carbons (Fsp3) is 0.400. The van der Waals surface area contributed by atoms with Crippen LogP contribution >= 0.6 is 0 Å². The van der Waals surface area contributed by atoms with E-state index in [2.05, 4.69) is 41.9 Å². The number of rotatable bonds is 6. The maximum Gasteiger partial charge on any atom is 0.261 e. The molecule has 1 amide bonds. The number of fused-ring (bicyclic) bond motifs is 1. The first-order valence-corrected chi connectivity index (χ1v) is 11.1. The lowest BCUT2D eigenvalue weighted by Gasteiger charge is -2.37. The van der Waals surface area contributed by atoms with Crippen LogP contribution in [-0.2, 0) is 11.3 Å². The Hall–Kier alpha value is -3.55. The maximum absolute atomic E-state index is 12.9. The molecule has 2 aromatic carbocycles. The summed E-state index contributed by atoms with van der Waals surface area (Å²) in [6, 6.07) is 9.79. The number of carbonyl (C=O) groups is 1. The molecular formula is C25H30N4O4. The summed E-state index contributed by atoms with van der Waals surface area (Å²) >= 11 is 0. The highest BCUT2D eigenvalue weighted by atomic mass is 16.5. The first kappa shape index (κ1) is 22.6. The van der Waals surface area contributed by atoms with Crippen molar-refractivity contribution >= 4 is 22.5 Å². The first-order valence-electron chi connectivity index (χ1n) is 11.1. The lowest BCUT2D eigenvalue weighted by atomic mass is 10.1. The van der Waals surface area contributed by atoms with Crippen LogP contribution in [0.2, 0.25) is 0 Å². The molecule has 33 heavy (non-hydrogen) atoms. The molecule has 1 saturated heterocycles. The van der Waals surface area contributed by atoms with Gasteiger partial charge in [-0.05, 0) is 31.5 Å². The summed E-state index contributed by atoms with van der Waals surface area (Å²) in [7, 11) is 3.06. The summed E-state index contributed by atoms with van der Waals surface area (Å²) in [5, 5.41) is 0.435. The largest absolute Gasteiger partial charge is 0.493 e. The molecule has 0 bridgehead atoms. The van der Waals surface area contributed by atoms with Gasteiger partial charge in [0.05, 0.1) is 31.4 Å². The molecule has 3 aromatic rings. The lowest BCUT2D eigenvalue weighted by Crippen LogP contribution is -2.49. The van der Waals surface area contributed by atoms with Gasteiger partial charge in [-0.3, -0.25) is 14.2 Å². The summed E-state index contributed by atoms with van der Waals surface area (Å²) in [4.78, 5) is 34.3. The Morgan fingerprint density at radius 2 is 1.70 bits per heavy atom. The number of hydrogen-bond acceptors (Lipinski definition) is 6. The Morgan fingerprint density at radius 1 is 1.00 bits per heavy atom. The van der Waals surface area contributed by atoms with E-state index in [1.807, 2.05) is 4.90 Å². The normalized spacial score (nSPS) is 13.9. The second-order valence-corrected chi connectivity index (χ2v) is 8.38. The number of nitrogens with zero attached hydrogens (tertiary/aromatic N) is 4. The minimum Gasteiger partial charge on any atom is -0.493 e. The molecule has 0 spiro atoms. The molecular weight excluding hydrogens is 420 g/mol. The van der Waals surface area contributed by atoms with E-state index in [0.29, 0.717) is 35.5 Å². The standard InChI is InChI=1S/C25H30N4O4/c1-17-5-6-21(18(2)13-17)27-9-11-28(12-10-27)24(30)7-8-29-16-26-20-15-23(33-4)22(32-3)14-19(20)25(29)31/h5-6,13-16H,7-12H2,1-4H3. The van der Waals surface area contributed by atoms with E-state index in [0.717, 1.165) is 13.1 Å². The number of hydrogen-bond donors (Lipinski definition) is 0. The number of methoxy groups -OCH3 is 2. The second kappa shape index (κ2) is 9.52. The Balaban J connectivity index is 1.40. The van der Waals surface area contributed by atoms with Gasteiger partial charge in [0.25, 0.3) is 5.56 Å². The Morgan fingerprint density at radius 3 is 2.36 bits per heavy atom. The number of amides is 1. The highest BCUT2D eigenvalue weighted by Crippen LogP contribution is 2.29. The highest BCUT2D eigenvalue weighted by Gasteiger charge is 2.22. The summed E-state index contributed by atoms with van der Waals surface area (Å²) in [5.41, 5.74) is 4.07. The summed E-state index contributed by atoms with van der Waals surface area (Å²) < 4.78 is 12.1. The minimum absolute atomic E-state index is 0.0505. The van der Waals surface area contributed by atoms with Gasteiger partial charge in [0.2, 0.25) is 5.91 Å². The van der Waals surface area contributed by atoms with Gasteiger partial charge in [0.1, 0.15) is 0 Å². The van der Waals surface area contributed by atoms with Crippen LogP contribution in [0, 0.1) is 13.8 Å². The molecule has 0 aliphatic carbocycles. The zero-order valence-electron chi connectivity index (χ0n) is 19.6. The first-order chi connectivity index (χ1) is 15.9. The molecule has 0 saturated carbocycles. The summed E-state index contributed by atoms with van der Waals surface area (Å²) in [6.45, 7) is 7.45. The van der Waals surface area contributed by atoms with Crippen LogP contribution in [0.15, 0.2) is 41.5 Å². The Labute approximate surface area is 193 Å². The van der Waals surface area contributed by atoms with Gasteiger partial charge >= 0.3 is 0 Å². The quantitative estimate of drug-likeness (QED) is 0.575. The van der Waals surface area contributed by atoms with Crippen molar-refractivity contribution in [1.29, 1.82) is 0 Å². The number of piperazine rings is 1. The van der Waals surface area contributed by atoms with Gasteiger partial charge in [-0.15, -0.1) is 0 Å². The minimum atomic E-state index is -0.201. The fourth-order valence-corrected chi connectivity index (χ4v) is 4.38. The van der Waals surface area contributed by atoms with Gasteiger partial charge in [-0.2, -0.15) is 0 Å². The van der Waals surface area contributed by atoms with E-state index in [-0.39, 0.29) is 24.4 Å². The predicted molar refractivity (Wildman–Crippen MR) is 128 cm³/mol. The highest BCUT2D eigenvalue weighted by molar-refractivity contribution is 5.82. The third-order valence-corrected chi connectivity index (χ3v) is 6.22. The summed E-state index contributed by atoms with van der Waals surface area (Å²) in [6.07, 6.45) is 1.74. The van der Waals surface area contributed by atoms with Crippen molar-refractivity contribution < 1.29 is 14.3 Å². The van der Waals surface area contributed by atoms with E-state index in [1.165, 1.54) is 41.9 Å². The molecule has 0 atom stereocenters. The van der Waals surface area contributed by atoms with Crippen LogP contribution in [0.25, 0.3) is 10.9 Å². The van der Waals surface area contributed by atoms with Gasteiger partial charge in [0.15, 0.2) is 11.5 Å². The molecule has 8 nitrogen and oxygen atoms in total. The zero-order chi connectivity index (χ0) is 23.5. The van der Waals surface area contributed by atoms with Gasteiger partial charge in [-0.1, -0.05) is 17.7 Å². The molecule has 1 aliphatic rings. The third kappa shape index (κ3) is 4.65. The van der Waals surface area contributed by atoms with Crippen molar-refractivity contribution in [3.8, 4) is 11.5 Å². The number of aromatic nitrogens is 2. The van der Waals surface area contributed by atoms with E-state index in [9.17, 15) is 9.59 Å². The average Bonchev–Trinajstić information content (AvgIpc) is 2.83. The van der Waals surface area contributed by atoms with Crippen molar-refractivity contribution in [3.63, 3.8) is 0 Å². The van der Waals surface area contributed by atoms with E-state index < -0.39 is 0 Å². The van der Waals surface area contributed by atoms with Crippen molar-refractivity contribution in [3.05, 3.63) is 58.1 Å². The Kier molecular flexibility index (Phi) is 6.53. The topological polar surface area (TPSA) is 76.9 Å². The number of benzene rings is 2. The van der Waals surface area contributed by atoms with Crippen molar-refractivity contribution in [2.24, 2.45) is 0 Å². The molecule has 0 N–H and O–H groups in total. The number of carbonyl (C=O) groups excluding carboxylic acids is 1. The monoisotopic (exact) mass is 450 g/mol. The SMILES string of the molecule is COc1cc2ncn(CCC(=O)N3CCN(c4ccc(C)cc4C)CC3)c(=O)c2cc1OC. The summed E-state index contributed by atoms with van der Waals surface area (Å²) in [5.74, 6) is 1.04. The van der Waals surface area contributed by atoms with Gasteiger partial charge < -0.3 is 19.3 Å². The lowest BCUT2D eigenvalue weighted by molar-refractivity contribution is -0.131. The van der Waals surface area contributed by atoms with Crippen LogP contribution in [0.3, 0.4) is 0 Å². The molecule has 1 aliphatic heterocycles. The van der Waals surface area contributed by atoms with Crippen LogP contribution < -0.4 is 19.9 Å².